The van der Waals surface area contributed by atoms with Crippen LogP contribution in [0.2, 0.25) is 42.9 Å². The van der Waals surface area contributed by atoms with Gasteiger partial charge in [-0.15, -0.1) is 0 Å². The summed E-state index contributed by atoms with van der Waals surface area (Å²) in [5, 5.41) is 0. The van der Waals surface area contributed by atoms with Gasteiger partial charge in [-0.2, -0.15) is 0 Å². The van der Waals surface area contributed by atoms with E-state index in [4.69, 9.17) is 0 Å². The molecule has 0 bridgehead atoms. The summed E-state index contributed by atoms with van der Waals surface area (Å²) in [6.45, 7) is 31.5. The van der Waals surface area contributed by atoms with Crippen LogP contribution < -0.4 is 0 Å². The second-order valence-electron chi connectivity index (χ2n) is 12.1. The third-order valence-electron chi connectivity index (χ3n) is 9.96. The number of hydrogen-bond acceptors (Lipinski definition) is 0. The maximum atomic E-state index is 2.77. The van der Waals surface area contributed by atoms with Gasteiger partial charge in [0.2, 0.25) is 0 Å². The fourth-order valence-electron chi connectivity index (χ4n) is 8.44. The lowest BCUT2D eigenvalue weighted by atomic mass is 9.92. The molecule has 2 rings (SSSR count). The quantitative estimate of drug-likeness (QED) is 0.436. The van der Waals surface area contributed by atoms with Gasteiger partial charge in [-0.05, 0) is 58.4 Å². The Morgan fingerprint density at radius 1 is 0.400 bits per heavy atom. The molecule has 0 spiro atoms. The topological polar surface area (TPSA) is 0 Å². The van der Waals surface area contributed by atoms with Crippen molar-refractivity contribution < 1.29 is 0 Å². The minimum atomic E-state index is -1.22. The zero-order valence-electron chi connectivity index (χ0n) is 19.5. The summed E-state index contributed by atoms with van der Waals surface area (Å²) in [7, 11) is -2.45. The van der Waals surface area contributed by atoms with Crippen molar-refractivity contribution in [3.05, 3.63) is 0 Å². The summed E-state index contributed by atoms with van der Waals surface area (Å²) in [4.78, 5) is 0. The van der Waals surface area contributed by atoms with Gasteiger partial charge in [0.1, 0.15) is 0 Å². The lowest BCUT2D eigenvalue weighted by Gasteiger charge is -2.45. The molecular formula is C23H48Si2. The van der Waals surface area contributed by atoms with E-state index in [-0.39, 0.29) is 0 Å². The maximum absolute atomic E-state index is 2.77. The highest BCUT2D eigenvalue weighted by molar-refractivity contribution is 6.96. The third-order valence-corrected chi connectivity index (χ3v) is 23.0. The second-order valence-corrected chi connectivity index (χ2v) is 22.8. The first-order valence-electron chi connectivity index (χ1n) is 11.2. The van der Waals surface area contributed by atoms with Gasteiger partial charge in [-0.25, -0.2) is 0 Å². The molecule has 2 heteroatoms. The van der Waals surface area contributed by atoms with Gasteiger partial charge in [0.15, 0.2) is 0 Å². The summed E-state index contributed by atoms with van der Waals surface area (Å²) >= 11 is 0. The Hall–Kier alpha value is 0.434. The molecule has 0 N–H and O–H groups in total. The van der Waals surface area contributed by atoms with E-state index in [1.165, 1.54) is 0 Å². The monoisotopic (exact) mass is 380 g/mol. The molecule has 0 amide bonds. The minimum absolute atomic E-state index is 0.918. The molecule has 0 aromatic carbocycles. The van der Waals surface area contributed by atoms with Gasteiger partial charge in [0, 0.05) is 16.1 Å². The maximum Gasteiger partial charge on any atom is 0.0484 e. The Labute approximate surface area is 162 Å². The van der Waals surface area contributed by atoms with Gasteiger partial charge in [0.25, 0.3) is 0 Å². The predicted octanol–water partition coefficient (Wildman–Crippen LogP) is 7.80. The Bertz CT molecular complexity index is 399. The van der Waals surface area contributed by atoms with Crippen molar-refractivity contribution in [3.63, 3.8) is 0 Å². The average Bonchev–Trinajstić information content (AvgIpc) is 2.79. The van der Waals surface area contributed by atoms with Crippen LogP contribution in [0.15, 0.2) is 0 Å². The fraction of sp³-hybridized carbons (Fsp3) is 1.00. The van der Waals surface area contributed by atoms with E-state index in [2.05, 4.69) is 81.6 Å². The molecule has 2 fully saturated rings. The standard InChI is InChI=1S/C23H48Si2/c1-14-15(2)19(6)22(18(14)5)24(9,10)13-25(11,12)23-20(7)16(3)17(4)21(23)8/h14-23H,13H2,1-12H3. The molecule has 2 aliphatic rings. The van der Waals surface area contributed by atoms with Crippen molar-refractivity contribution in [2.45, 2.75) is 98.3 Å². The average molecular weight is 381 g/mol. The molecule has 0 heterocycles. The fourth-order valence-corrected chi connectivity index (χ4v) is 26.6. The van der Waals surface area contributed by atoms with Gasteiger partial charge >= 0.3 is 0 Å². The van der Waals surface area contributed by atoms with Gasteiger partial charge in [-0.1, -0.05) is 87.2 Å². The SMILES string of the molecule is CC1C(C)C(C)C([Si](C)(C)C[Si](C)(C)C2C(C)C(C)C(C)C2C)C1C. The summed E-state index contributed by atoms with van der Waals surface area (Å²) in [5.74, 6) is 7.42. The van der Waals surface area contributed by atoms with Crippen molar-refractivity contribution >= 4 is 16.1 Å². The minimum Gasteiger partial charge on any atom is -0.0693 e. The molecule has 0 nitrogen and oxygen atoms in total. The zero-order chi connectivity index (χ0) is 19.5. The number of rotatable bonds is 4. The summed E-state index contributed by atoms with van der Waals surface area (Å²) < 4.78 is 0. The lowest BCUT2D eigenvalue weighted by Crippen LogP contribution is -2.49. The van der Waals surface area contributed by atoms with Crippen LogP contribution in [0.25, 0.3) is 0 Å². The molecule has 0 saturated heterocycles. The lowest BCUT2D eigenvalue weighted by molar-refractivity contribution is 0.352. The van der Waals surface area contributed by atoms with Crippen LogP contribution in [-0.2, 0) is 0 Å². The molecule has 8 unspecified atom stereocenters. The number of hydrogen-bond donors (Lipinski definition) is 0. The van der Waals surface area contributed by atoms with E-state index in [9.17, 15) is 0 Å². The van der Waals surface area contributed by atoms with Crippen LogP contribution in [0.3, 0.4) is 0 Å². The predicted molar refractivity (Wildman–Crippen MR) is 121 cm³/mol. The molecule has 0 aromatic heterocycles. The van der Waals surface area contributed by atoms with E-state index < -0.39 is 16.1 Å². The molecule has 148 valence electrons. The molecule has 0 radical (unpaired) electrons. The van der Waals surface area contributed by atoms with Crippen molar-refractivity contribution in [1.82, 2.24) is 0 Å². The highest BCUT2D eigenvalue weighted by Gasteiger charge is 2.54. The van der Waals surface area contributed by atoms with E-state index in [1.54, 1.807) is 5.67 Å². The van der Waals surface area contributed by atoms with E-state index >= 15 is 0 Å². The van der Waals surface area contributed by atoms with Gasteiger partial charge in [0.05, 0.1) is 0 Å². The van der Waals surface area contributed by atoms with Crippen molar-refractivity contribution in [3.8, 4) is 0 Å². The second kappa shape index (κ2) is 7.11. The molecular weight excluding hydrogens is 332 g/mol. The van der Waals surface area contributed by atoms with Crippen LogP contribution in [0.5, 0.6) is 0 Å². The van der Waals surface area contributed by atoms with Crippen LogP contribution in [-0.4, -0.2) is 16.1 Å². The van der Waals surface area contributed by atoms with Crippen molar-refractivity contribution in [2.75, 3.05) is 0 Å². The Morgan fingerprint density at radius 2 is 0.600 bits per heavy atom. The normalized spacial score (nSPS) is 49.0. The molecule has 25 heavy (non-hydrogen) atoms. The van der Waals surface area contributed by atoms with E-state index in [0.717, 1.165) is 58.4 Å². The largest absolute Gasteiger partial charge is 0.0693 e. The first kappa shape index (κ1) is 21.7. The molecule has 8 atom stereocenters. The zero-order valence-corrected chi connectivity index (χ0v) is 21.5. The Balaban J connectivity index is 2.24. The highest BCUT2D eigenvalue weighted by atomic mass is 28.4. The molecule has 0 aliphatic heterocycles. The summed E-state index contributed by atoms with van der Waals surface area (Å²) in [5.41, 5.74) is 3.72. The Kier molecular flexibility index (Phi) is 6.18. The van der Waals surface area contributed by atoms with Crippen molar-refractivity contribution in [2.24, 2.45) is 47.3 Å². The highest BCUT2D eigenvalue weighted by Crippen LogP contribution is 2.58. The van der Waals surface area contributed by atoms with Crippen LogP contribution in [0.4, 0.5) is 0 Å². The van der Waals surface area contributed by atoms with Crippen molar-refractivity contribution in [1.29, 1.82) is 0 Å². The Morgan fingerprint density at radius 3 is 0.800 bits per heavy atom. The van der Waals surface area contributed by atoms with E-state index in [0.29, 0.717) is 0 Å². The molecule has 2 aliphatic carbocycles. The van der Waals surface area contributed by atoms with Gasteiger partial charge in [-0.3, -0.25) is 0 Å². The first-order valence-corrected chi connectivity index (χ1v) is 17.8. The summed E-state index contributed by atoms with van der Waals surface area (Å²) in [6.07, 6.45) is 0. The van der Waals surface area contributed by atoms with Crippen LogP contribution in [0, 0.1) is 47.3 Å². The molecule has 2 saturated carbocycles. The first-order chi connectivity index (χ1) is 11.2. The van der Waals surface area contributed by atoms with E-state index in [1.807, 2.05) is 0 Å². The third kappa shape index (κ3) is 3.60. The summed E-state index contributed by atoms with van der Waals surface area (Å²) in [6, 6.07) is 0. The smallest absolute Gasteiger partial charge is 0.0484 e. The molecule has 0 aromatic rings. The van der Waals surface area contributed by atoms with Crippen LogP contribution >= 0.6 is 0 Å². The van der Waals surface area contributed by atoms with Gasteiger partial charge < -0.3 is 0 Å². The van der Waals surface area contributed by atoms with Crippen LogP contribution in [0.1, 0.15) is 55.4 Å².